The van der Waals surface area contributed by atoms with Crippen molar-refractivity contribution in [3.8, 4) is 0 Å². The van der Waals surface area contributed by atoms with Gasteiger partial charge in [0.1, 0.15) is 0 Å². The van der Waals surface area contributed by atoms with E-state index in [9.17, 15) is 4.79 Å². The van der Waals surface area contributed by atoms with Crippen molar-refractivity contribution in [1.82, 2.24) is 9.80 Å². The third-order valence-electron chi connectivity index (χ3n) is 4.29. The molecule has 1 aliphatic carbocycles. The number of hydrogen-bond acceptors (Lipinski definition) is 4. The summed E-state index contributed by atoms with van der Waals surface area (Å²) >= 11 is 0. The zero-order valence-corrected chi connectivity index (χ0v) is 12.0. The van der Waals surface area contributed by atoms with Crippen molar-refractivity contribution in [1.29, 1.82) is 0 Å². The highest BCUT2D eigenvalue weighted by Crippen LogP contribution is 2.27. The summed E-state index contributed by atoms with van der Waals surface area (Å²) in [6.45, 7) is 5.33. The van der Waals surface area contributed by atoms with E-state index in [0.717, 1.165) is 44.3 Å². The first kappa shape index (κ1) is 13.6. The number of nitrogens with zero attached hydrogens (tertiary/aromatic N) is 2. The molecule has 1 saturated heterocycles. The van der Waals surface area contributed by atoms with Gasteiger partial charge in [0.05, 0.1) is 12.7 Å². The highest BCUT2D eigenvalue weighted by molar-refractivity contribution is 5.90. The Morgan fingerprint density at radius 3 is 2.55 bits per heavy atom. The van der Waals surface area contributed by atoms with E-state index in [0.29, 0.717) is 5.56 Å². The van der Waals surface area contributed by atoms with Gasteiger partial charge in [0.15, 0.2) is 0 Å². The van der Waals surface area contributed by atoms with Crippen LogP contribution in [0.1, 0.15) is 28.8 Å². The molecule has 0 atom stereocenters. The molecule has 2 fully saturated rings. The molecule has 1 aromatic carbocycles. The van der Waals surface area contributed by atoms with Crippen molar-refractivity contribution in [3.05, 3.63) is 35.4 Å². The summed E-state index contributed by atoms with van der Waals surface area (Å²) in [4.78, 5) is 16.8. The number of carbonyl (C=O) groups is 1. The highest BCUT2D eigenvalue weighted by atomic mass is 16.5. The molecule has 0 unspecified atom stereocenters. The molecule has 1 saturated carbocycles. The van der Waals surface area contributed by atoms with Gasteiger partial charge in [-0.1, -0.05) is 18.2 Å². The van der Waals surface area contributed by atoms with Crippen molar-refractivity contribution in [3.63, 3.8) is 0 Å². The quantitative estimate of drug-likeness (QED) is 0.783. The van der Waals surface area contributed by atoms with Gasteiger partial charge in [-0.2, -0.15) is 0 Å². The van der Waals surface area contributed by atoms with E-state index >= 15 is 0 Å². The predicted molar refractivity (Wildman–Crippen MR) is 77.7 cm³/mol. The summed E-state index contributed by atoms with van der Waals surface area (Å²) in [7, 11) is 1.44. The molecule has 20 heavy (non-hydrogen) atoms. The molecule has 1 aliphatic heterocycles. The largest absolute Gasteiger partial charge is 0.465 e. The summed E-state index contributed by atoms with van der Waals surface area (Å²) in [6.07, 6.45) is 2.76. The number of hydrogen-bond donors (Lipinski definition) is 0. The molecule has 3 rings (SSSR count). The van der Waals surface area contributed by atoms with Crippen LogP contribution < -0.4 is 0 Å². The number of piperazine rings is 1. The maximum absolute atomic E-state index is 11.8. The second-order valence-electron chi connectivity index (χ2n) is 5.69. The second kappa shape index (κ2) is 5.94. The van der Waals surface area contributed by atoms with Gasteiger partial charge < -0.3 is 4.74 Å². The Bertz CT molecular complexity index is 477. The minimum Gasteiger partial charge on any atom is -0.465 e. The maximum atomic E-state index is 11.8. The van der Waals surface area contributed by atoms with Crippen LogP contribution in [0.2, 0.25) is 0 Å². The van der Waals surface area contributed by atoms with E-state index in [2.05, 4.69) is 9.80 Å². The van der Waals surface area contributed by atoms with Gasteiger partial charge in [-0.15, -0.1) is 0 Å². The number of benzene rings is 1. The van der Waals surface area contributed by atoms with Gasteiger partial charge in [-0.25, -0.2) is 4.79 Å². The fourth-order valence-corrected chi connectivity index (χ4v) is 2.93. The van der Waals surface area contributed by atoms with Crippen LogP contribution in [0.5, 0.6) is 0 Å². The Hall–Kier alpha value is -1.39. The van der Waals surface area contributed by atoms with Gasteiger partial charge in [0.25, 0.3) is 0 Å². The first-order valence-corrected chi connectivity index (χ1v) is 7.40. The molecule has 2 aliphatic rings. The number of esters is 1. The monoisotopic (exact) mass is 274 g/mol. The van der Waals surface area contributed by atoms with Crippen molar-refractivity contribution >= 4 is 5.97 Å². The van der Waals surface area contributed by atoms with Gasteiger partial charge in [-0.05, 0) is 24.5 Å². The molecule has 4 nitrogen and oxygen atoms in total. The zero-order valence-electron chi connectivity index (χ0n) is 12.0. The van der Waals surface area contributed by atoms with Crippen molar-refractivity contribution in [2.45, 2.75) is 25.4 Å². The molecule has 0 radical (unpaired) electrons. The maximum Gasteiger partial charge on any atom is 0.338 e. The normalized spacial score (nSPS) is 20.9. The second-order valence-corrected chi connectivity index (χ2v) is 5.69. The standard InChI is InChI=1S/C16H22N2O2/c1-20-16(19)15-5-3-2-4-13(15)12-17-8-10-18(11-9-17)14-6-7-14/h2-5,14H,6-12H2,1H3. The fraction of sp³-hybridized carbons (Fsp3) is 0.562. The topological polar surface area (TPSA) is 32.8 Å². The van der Waals surface area contributed by atoms with Gasteiger partial charge >= 0.3 is 5.97 Å². The Kier molecular flexibility index (Phi) is 4.03. The molecule has 1 heterocycles. The lowest BCUT2D eigenvalue weighted by Crippen LogP contribution is -2.46. The lowest BCUT2D eigenvalue weighted by atomic mass is 10.1. The van der Waals surface area contributed by atoms with Crippen LogP contribution in [-0.4, -0.2) is 55.1 Å². The first-order chi connectivity index (χ1) is 9.78. The number of methoxy groups -OCH3 is 1. The number of ether oxygens (including phenoxy) is 1. The molecule has 4 heteroatoms. The smallest absolute Gasteiger partial charge is 0.338 e. The average molecular weight is 274 g/mol. The minimum atomic E-state index is -0.239. The van der Waals surface area contributed by atoms with Crippen LogP contribution in [0, 0.1) is 0 Å². The van der Waals surface area contributed by atoms with E-state index in [4.69, 9.17) is 4.74 Å². The molecule has 1 aromatic rings. The van der Waals surface area contributed by atoms with Crippen molar-refractivity contribution in [2.24, 2.45) is 0 Å². The van der Waals surface area contributed by atoms with Crippen LogP contribution in [0.3, 0.4) is 0 Å². The zero-order chi connectivity index (χ0) is 13.9. The van der Waals surface area contributed by atoms with Gasteiger partial charge in [-0.3, -0.25) is 9.80 Å². The molecule has 0 amide bonds. The van der Waals surface area contributed by atoms with Crippen LogP contribution in [0.15, 0.2) is 24.3 Å². The Balaban J connectivity index is 1.62. The first-order valence-electron chi connectivity index (χ1n) is 7.40. The molecule has 0 aromatic heterocycles. The number of carbonyl (C=O) groups excluding carboxylic acids is 1. The van der Waals surface area contributed by atoms with E-state index in [1.807, 2.05) is 24.3 Å². The molecule has 0 bridgehead atoms. The van der Waals surface area contributed by atoms with Crippen LogP contribution in [-0.2, 0) is 11.3 Å². The van der Waals surface area contributed by atoms with Crippen LogP contribution in [0.4, 0.5) is 0 Å². The Morgan fingerprint density at radius 1 is 1.20 bits per heavy atom. The Labute approximate surface area is 120 Å². The molecule has 0 spiro atoms. The van der Waals surface area contributed by atoms with Crippen molar-refractivity contribution in [2.75, 3.05) is 33.3 Å². The van der Waals surface area contributed by atoms with E-state index in [1.54, 1.807) is 0 Å². The van der Waals surface area contributed by atoms with Crippen LogP contribution in [0.25, 0.3) is 0 Å². The number of rotatable bonds is 4. The van der Waals surface area contributed by atoms with Gasteiger partial charge in [0.2, 0.25) is 0 Å². The summed E-state index contributed by atoms with van der Waals surface area (Å²) < 4.78 is 4.86. The van der Waals surface area contributed by atoms with Crippen LogP contribution >= 0.6 is 0 Å². The Morgan fingerprint density at radius 2 is 1.90 bits per heavy atom. The fourth-order valence-electron chi connectivity index (χ4n) is 2.93. The average Bonchev–Trinajstić information content (AvgIpc) is 3.32. The summed E-state index contributed by atoms with van der Waals surface area (Å²) in [5, 5.41) is 0. The van der Waals surface area contributed by atoms with Crippen molar-refractivity contribution < 1.29 is 9.53 Å². The van der Waals surface area contributed by atoms with Gasteiger partial charge in [0, 0.05) is 38.8 Å². The van der Waals surface area contributed by atoms with E-state index in [-0.39, 0.29) is 5.97 Å². The summed E-state index contributed by atoms with van der Waals surface area (Å²) in [5.74, 6) is -0.239. The lowest BCUT2D eigenvalue weighted by molar-refractivity contribution is 0.0596. The summed E-state index contributed by atoms with van der Waals surface area (Å²) in [5.41, 5.74) is 1.76. The minimum absolute atomic E-state index is 0.239. The SMILES string of the molecule is COC(=O)c1ccccc1CN1CCN(C2CC2)CC1. The molecular formula is C16H22N2O2. The summed E-state index contributed by atoms with van der Waals surface area (Å²) in [6, 6.07) is 8.61. The predicted octanol–water partition coefficient (Wildman–Crippen LogP) is 1.75. The molecular weight excluding hydrogens is 252 g/mol. The lowest BCUT2D eigenvalue weighted by Gasteiger charge is -2.35. The highest BCUT2D eigenvalue weighted by Gasteiger charge is 2.31. The van der Waals surface area contributed by atoms with E-state index in [1.165, 1.54) is 20.0 Å². The molecule has 0 N–H and O–H groups in total. The van der Waals surface area contributed by atoms with E-state index < -0.39 is 0 Å². The molecule has 108 valence electrons. The third kappa shape index (κ3) is 3.02. The third-order valence-corrected chi connectivity index (χ3v) is 4.29.